The molecule has 4 heteroatoms. The van der Waals surface area contributed by atoms with E-state index in [0.717, 1.165) is 5.08 Å². The van der Waals surface area contributed by atoms with Crippen LogP contribution in [0.5, 0.6) is 0 Å². The molecule has 1 aromatic rings. The van der Waals surface area contributed by atoms with Crippen LogP contribution in [0.15, 0.2) is 22.7 Å². The second kappa shape index (κ2) is 4.04. The molecule has 0 saturated carbocycles. The van der Waals surface area contributed by atoms with Gasteiger partial charge in [0.15, 0.2) is 0 Å². The van der Waals surface area contributed by atoms with Gasteiger partial charge in [-0.25, -0.2) is 0 Å². The van der Waals surface area contributed by atoms with Crippen molar-refractivity contribution in [3.8, 4) is 0 Å². The van der Waals surface area contributed by atoms with Crippen molar-refractivity contribution in [1.82, 2.24) is 0 Å². The van der Waals surface area contributed by atoms with E-state index in [1.807, 2.05) is 12.1 Å². The first kappa shape index (κ1) is 9.72. The molecule has 54 valence electrons. The Morgan fingerprint density at radius 2 is 2.18 bits per heavy atom. The standard InChI is InChI=1S/C7H4BrO2.Ra.H/c8-6-3-1-2-5(4-6)7(9)10;;/h1,3-4H,(H,9,10);;. The fourth-order valence-corrected chi connectivity index (χ4v) is 3.34. The van der Waals surface area contributed by atoms with Crippen molar-refractivity contribution in [2.75, 3.05) is 0 Å². The predicted molar refractivity (Wildman–Crippen MR) is 42.1 cm³/mol. The van der Waals surface area contributed by atoms with Crippen LogP contribution in [0.2, 0.25) is 0 Å². The van der Waals surface area contributed by atoms with Gasteiger partial charge in [0.25, 0.3) is 0 Å². The molecular weight excluding hydrogens is 422 g/mol. The molecule has 0 aliphatic heterocycles. The van der Waals surface area contributed by atoms with Crippen molar-refractivity contribution in [2.45, 2.75) is 0 Å². The number of aromatic carboxylic acids is 1. The molecule has 0 amide bonds. The van der Waals surface area contributed by atoms with Crippen molar-refractivity contribution in [2.24, 2.45) is 0 Å². The molecule has 0 aliphatic rings. The van der Waals surface area contributed by atoms with Crippen molar-refractivity contribution >= 4 is 22.5 Å². The number of carboxylic acid groups (broad SMARTS) is 1. The van der Waals surface area contributed by atoms with Gasteiger partial charge in [-0.05, 0) is 0 Å². The molecule has 0 saturated heterocycles. The summed E-state index contributed by atoms with van der Waals surface area (Å²) < 4.78 is 1.84. The molecule has 0 radical (unpaired) electrons. The van der Waals surface area contributed by atoms with E-state index >= 15 is 0 Å². The van der Waals surface area contributed by atoms with E-state index in [2.05, 4.69) is 15.9 Å². The zero-order valence-corrected chi connectivity index (χ0v) is 15.8. The summed E-state index contributed by atoms with van der Waals surface area (Å²) >= 11 is 3.34. The van der Waals surface area contributed by atoms with E-state index in [-0.39, 0.29) is 42.8 Å². The molecule has 1 aromatic carbocycles. The Bertz CT molecular complexity index is 298. The first-order valence-corrected chi connectivity index (χ1v) is 8.01. The number of halogens is 1. The molecule has 0 unspecified atom stereocenters. The van der Waals surface area contributed by atoms with Crippen molar-refractivity contribution in [3.63, 3.8) is 0 Å². The summed E-state index contributed by atoms with van der Waals surface area (Å²) in [6.45, 7) is 0. The van der Waals surface area contributed by atoms with Gasteiger partial charge in [0.05, 0.1) is 0 Å². The molecular formula is C7H5BrO2Ra. The summed E-state index contributed by atoms with van der Waals surface area (Å²) in [5, 5.41) is 8.71. The number of carboxylic acids is 1. The predicted octanol–water partition coefficient (Wildman–Crippen LogP) is 1.05. The average molecular weight is 427 g/mol. The van der Waals surface area contributed by atoms with Gasteiger partial charge >= 0.3 is 103 Å². The monoisotopic (exact) mass is 426 g/mol. The zero-order valence-electron chi connectivity index (χ0n) is 5.97. The van der Waals surface area contributed by atoms with Gasteiger partial charge in [0.1, 0.15) is 0 Å². The zero-order chi connectivity index (χ0) is 8.43. The van der Waals surface area contributed by atoms with Crippen LogP contribution < -0.4 is 0.604 Å². The van der Waals surface area contributed by atoms with Crippen LogP contribution in [0, 0.1) is 42.8 Å². The van der Waals surface area contributed by atoms with Crippen LogP contribution in [0.1, 0.15) is 10.4 Å². The second-order valence-electron chi connectivity index (χ2n) is 2.26. The molecule has 1 rings (SSSR count). The fraction of sp³-hybridized carbons (Fsp3) is 0. The van der Waals surface area contributed by atoms with Gasteiger partial charge in [-0.3, -0.25) is 0 Å². The summed E-state index contributed by atoms with van der Waals surface area (Å²) in [6, 6.07) is 5.40. The van der Waals surface area contributed by atoms with Gasteiger partial charge < -0.3 is 0 Å². The number of hydrogen-bond donors (Lipinski definition) is 1. The van der Waals surface area contributed by atoms with Crippen molar-refractivity contribution < 1.29 is 52.7 Å². The topological polar surface area (TPSA) is 37.3 Å². The Kier molecular flexibility index (Phi) is 3.57. The molecule has 0 heterocycles. The van der Waals surface area contributed by atoms with Crippen molar-refractivity contribution in [1.29, 1.82) is 0 Å². The summed E-state index contributed by atoms with van der Waals surface area (Å²) in [7, 11) is 0. The Balaban J connectivity index is 3.23. The summed E-state index contributed by atoms with van der Waals surface area (Å²) in [6.07, 6.45) is 0. The molecule has 2 nitrogen and oxygen atoms in total. The molecule has 0 aromatic heterocycles. The molecule has 1 N–H and O–H groups in total. The van der Waals surface area contributed by atoms with E-state index < -0.39 is 5.97 Å². The third-order valence-corrected chi connectivity index (χ3v) is 5.51. The summed E-state index contributed by atoms with van der Waals surface area (Å²) in [5.74, 6) is -0.828. The second-order valence-corrected chi connectivity index (χ2v) is 7.61. The first-order valence-electron chi connectivity index (χ1n) is 3.10. The molecule has 0 spiro atoms. The summed E-state index contributed by atoms with van der Waals surface area (Å²) in [4.78, 5) is 10.6. The van der Waals surface area contributed by atoms with Crippen LogP contribution in [0.4, 0.5) is 0 Å². The molecule has 0 atom stereocenters. The third-order valence-electron chi connectivity index (χ3n) is 1.43. The van der Waals surface area contributed by atoms with Crippen LogP contribution in [-0.4, -0.2) is 11.1 Å². The summed E-state index contributed by atoms with van der Waals surface area (Å²) in [5.41, 5.74) is 0.449. The number of carbonyl (C=O) groups is 1. The van der Waals surface area contributed by atoms with Crippen LogP contribution >= 0.6 is 15.9 Å². The van der Waals surface area contributed by atoms with Crippen molar-refractivity contribution in [3.05, 3.63) is 28.2 Å². The number of rotatable bonds is 1. The Morgan fingerprint density at radius 3 is 2.64 bits per heavy atom. The fourth-order valence-electron chi connectivity index (χ4n) is 0.825. The maximum atomic E-state index is 10.6. The van der Waals surface area contributed by atoms with E-state index in [4.69, 9.17) is 5.11 Å². The normalized spacial score (nSPS) is 9.45. The van der Waals surface area contributed by atoms with Gasteiger partial charge in [-0.2, -0.15) is 0 Å². The number of hydrogen-bond acceptors (Lipinski definition) is 1. The van der Waals surface area contributed by atoms with Gasteiger partial charge in [-0.15, -0.1) is 0 Å². The Morgan fingerprint density at radius 1 is 1.55 bits per heavy atom. The quantitative estimate of drug-likeness (QED) is 0.729. The Hall–Kier alpha value is 0.638. The van der Waals surface area contributed by atoms with E-state index in [1.54, 1.807) is 6.07 Å². The molecule has 0 aliphatic carbocycles. The SMILES string of the molecule is O=C(O)c1cc(Br)cc[c]1[RaH]. The number of benzene rings is 1. The molecule has 0 fully saturated rings. The van der Waals surface area contributed by atoms with Crippen LogP contribution in [0.3, 0.4) is 0 Å². The van der Waals surface area contributed by atoms with E-state index in [1.165, 1.54) is 0 Å². The first-order chi connectivity index (χ1) is 5.11. The van der Waals surface area contributed by atoms with Gasteiger partial charge in [-0.1, -0.05) is 0 Å². The van der Waals surface area contributed by atoms with Crippen LogP contribution in [0.25, 0.3) is 0 Å². The minimum atomic E-state index is -0.828. The maximum absolute atomic E-state index is 10.6. The third kappa shape index (κ3) is 2.55. The van der Waals surface area contributed by atoms with Gasteiger partial charge in [0, 0.05) is 0 Å². The van der Waals surface area contributed by atoms with Gasteiger partial charge in [0.2, 0.25) is 0 Å². The van der Waals surface area contributed by atoms with E-state index in [9.17, 15) is 4.79 Å². The molecule has 0 bridgehead atoms. The minimum absolute atomic E-state index is 0.114. The van der Waals surface area contributed by atoms with E-state index in [0.29, 0.717) is 5.56 Å². The molecule has 11 heavy (non-hydrogen) atoms. The Labute approximate surface area is 102 Å². The average Bonchev–Trinajstić information content (AvgIpc) is 1.94. The van der Waals surface area contributed by atoms with Crippen LogP contribution in [-0.2, 0) is 0 Å².